The summed E-state index contributed by atoms with van der Waals surface area (Å²) in [5.74, 6) is -0.264. The summed E-state index contributed by atoms with van der Waals surface area (Å²) in [6.07, 6.45) is 0.156. The Morgan fingerprint density at radius 3 is 2.60 bits per heavy atom. The van der Waals surface area contributed by atoms with Gasteiger partial charge in [0.25, 0.3) is 0 Å². The van der Waals surface area contributed by atoms with E-state index in [1.165, 1.54) is 18.2 Å². The van der Waals surface area contributed by atoms with Gasteiger partial charge in [-0.2, -0.15) is 8.78 Å². The molecule has 1 rings (SSSR count). The summed E-state index contributed by atoms with van der Waals surface area (Å²) in [4.78, 5) is 11.8. The molecule has 0 aliphatic rings. The number of nitrogens with two attached hydrogens (primary N) is 1. The van der Waals surface area contributed by atoms with Crippen molar-refractivity contribution in [2.24, 2.45) is 11.1 Å². The number of nitrogens with one attached hydrogen (secondary N) is 1. The first-order valence-corrected chi connectivity index (χ1v) is 6.29. The lowest BCUT2D eigenvalue weighted by molar-refractivity contribution is -0.117. The molecule has 0 aromatic heterocycles. The Hall–Kier alpha value is -1.69. The number of amides is 1. The monoisotopic (exact) mass is 286 g/mol. The van der Waals surface area contributed by atoms with Crippen molar-refractivity contribution in [2.75, 3.05) is 5.32 Å². The first kappa shape index (κ1) is 16.4. The number of halogens is 2. The maximum Gasteiger partial charge on any atom is 0.387 e. The number of hydrogen-bond donors (Lipinski definition) is 2. The first-order valence-electron chi connectivity index (χ1n) is 6.29. The van der Waals surface area contributed by atoms with E-state index in [4.69, 9.17) is 5.73 Å². The van der Waals surface area contributed by atoms with E-state index in [1.54, 1.807) is 6.07 Å². The molecule has 1 aromatic rings. The van der Waals surface area contributed by atoms with Gasteiger partial charge in [0.15, 0.2) is 0 Å². The average Bonchev–Trinajstić information content (AvgIpc) is 2.26. The van der Waals surface area contributed by atoms with Gasteiger partial charge in [0.05, 0.1) is 0 Å². The molecular formula is C14H20F2N2O2. The quantitative estimate of drug-likeness (QED) is 0.874. The zero-order valence-electron chi connectivity index (χ0n) is 11.8. The fourth-order valence-corrected chi connectivity index (χ4v) is 1.47. The lowest BCUT2D eigenvalue weighted by Gasteiger charge is -2.26. The van der Waals surface area contributed by atoms with E-state index in [2.05, 4.69) is 10.1 Å². The molecule has 1 aromatic carbocycles. The Balaban J connectivity index is 2.62. The highest BCUT2D eigenvalue weighted by molar-refractivity contribution is 5.91. The minimum atomic E-state index is -2.89. The number of anilines is 1. The molecule has 1 unspecified atom stereocenters. The van der Waals surface area contributed by atoms with Gasteiger partial charge >= 0.3 is 6.61 Å². The summed E-state index contributed by atoms with van der Waals surface area (Å²) in [6.45, 7) is 2.95. The van der Waals surface area contributed by atoms with Gasteiger partial charge in [-0.1, -0.05) is 26.8 Å². The van der Waals surface area contributed by atoms with Gasteiger partial charge in [-0.3, -0.25) is 4.79 Å². The van der Waals surface area contributed by atoms with Crippen molar-refractivity contribution in [3.8, 4) is 5.75 Å². The molecule has 1 atom stereocenters. The standard InChI is InChI=1S/C14H20F2N2O2/c1-14(2,3)11(17)8-12(19)18-9-5-4-6-10(7-9)20-13(15)16/h4-7,11,13H,8,17H2,1-3H3,(H,18,19). The zero-order valence-corrected chi connectivity index (χ0v) is 11.8. The zero-order chi connectivity index (χ0) is 15.3. The average molecular weight is 286 g/mol. The molecule has 20 heavy (non-hydrogen) atoms. The smallest absolute Gasteiger partial charge is 0.387 e. The van der Waals surface area contributed by atoms with E-state index in [0.29, 0.717) is 5.69 Å². The second-order valence-corrected chi connectivity index (χ2v) is 5.63. The number of ether oxygens (including phenoxy) is 1. The Morgan fingerprint density at radius 1 is 1.40 bits per heavy atom. The predicted molar refractivity (Wildman–Crippen MR) is 73.8 cm³/mol. The number of carbonyl (C=O) groups excluding carboxylic acids is 1. The predicted octanol–water partition coefficient (Wildman–Crippen LogP) is 2.99. The lowest BCUT2D eigenvalue weighted by Crippen LogP contribution is -2.38. The van der Waals surface area contributed by atoms with Crippen molar-refractivity contribution in [3.63, 3.8) is 0 Å². The summed E-state index contributed by atoms with van der Waals surface area (Å²) in [6, 6.07) is 5.56. The van der Waals surface area contributed by atoms with Crippen LogP contribution in [0, 0.1) is 5.41 Å². The molecule has 1 amide bonds. The molecule has 0 saturated heterocycles. The van der Waals surface area contributed by atoms with Gasteiger partial charge in [-0.25, -0.2) is 0 Å². The van der Waals surface area contributed by atoms with Crippen LogP contribution in [0.2, 0.25) is 0 Å². The van der Waals surface area contributed by atoms with Crippen LogP contribution in [0.25, 0.3) is 0 Å². The second-order valence-electron chi connectivity index (χ2n) is 5.63. The Kier molecular flexibility index (Phi) is 5.44. The van der Waals surface area contributed by atoms with E-state index in [9.17, 15) is 13.6 Å². The Morgan fingerprint density at radius 2 is 2.05 bits per heavy atom. The molecule has 6 heteroatoms. The van der Waals surface area contributed by atoms with Crippen LogP contribution >= 0.6 is 0 Å². The van der Waals surface area contributed by atoms with Gasteiger partial charge in [0.1, 0.15) is 5.75 Å². The van der Waals surface area contributed by atoms with Crippen molar-refractivity contribution in [3.05, 3.63) is 24.3 Å². The van der Waals surface area contributed by atoms with Crippen LogP contribution in [0.1, 0.15) is 27.2 Å². The van der Waals surface area contributed by atoms with E-state index < -0.39 is 6.61 Å². The second kappa shape index (κ2) is 6.65. The summed E-state index contributed by atoms with van der Waals surface area (Å²) < 4.78 is 28.4. The van der Waals surface area contributed by atoms with Crippen LogP contribution in [0.5, 0.6) is 5.75 Å². The van der Waals surface area contributed by atoms with E-state index in [-0.39, 0.29) is 29.5 Å². The molecule has 0 aliphatic heterocycles. The van der Waals surface area contributed by atoms with Gasteiger partial charge in [0, 0.05) is 24.2 Å². The molecule has 0 bridgehead atoms. The number of alkyl halides is 2. The Labute approximate surface area is 117 Å². The van der Waals surface area contributed by atoms with E-state index in [1.807, 2.05) is 20.8 Å². The third-order valence-electron chi connectivity index (χ3n) is 2.86. The van der Waals surface area contributed by atoms with E-state index >= 15 is 0 Å². The summed E-state index contributed by atoms with van der Waals surface area (Å²) in [5, 5.41) is 2.61. The molecular weight excluding hydrogens is 266 g/mol. The van der Waals surface area contributed by atoms with Crippen LogP contribution in [0.15, 0.2) is 24.3 Å². The summed E-state index contributed by atoms with van der Waals surface area (Å²) in [7, 11) is 0. The van der Waals surface area contributed by atoms with Gasteiger partial charge in [-0.15, -0.1) is 0 Å². The van der Waals surface area contributed by atoms with Crippen molar-refractivity contribution >= 4 is 11.6 Å². The highest BCUT2D eigenvalue weighted by Crippen LogP contribution is 2.22. The minimum absolute atomic E-state index is 0.00193. The van der Waals surface area contributed by atoms with Crippen LogP contribution in [-0.4, -0.2) is 18.6 Å². The minimum Gasteiger partial charge on any atom is -0.435 e. The van der Waals surface area contributed by atoms with Crippen molar-refractivity contribution < 1.29 is 18.3 Å². The topological polar surface area (TPSA) is 64.4 Å². The molecule has 0 radical (unpaired) electrons. The maximum atomic E-state index is 12.1. The largest absolute Gasteiger partial charge is 0.435 e. The third-order valence-corrected chi connectivity index (χ3v) is 2.86. The molecule has 0 saturated carbocycles. The van der Waals surface area contributed by atoms with Crippen molar-refractivity contribution in [1.29, 1.82) is 0 Å². The molecule has 0 aliphatic carbocycles. The molecule has 0 heterocycles. The number of carbonyl (C=O) groups is 1. The normalized spacial score (nSPS) is 13.2. The van der Waals surface area contributed by atoms with Crippen LogP contribution in [-0.2, 0) is 4.79 Å². The van der Waals surface area contributed by atoms with Crippen LogP contribution in [0.3, 0.4) is 0 Å². The summed E-state index contributed by atoms with van der Waals surface area (Å²) in [5.41, 5.74) is 6.13. The molecule has 4 nitrogen and oxygen atoms in total. The number of rotatable bonds is 5. The molecule has 112 valence electrons. The number of hydrogen-bond acceptors (Lipinski definition) is 3. The van der Waals surface area contributed by atoms with E-state index in [0.717, 1.165) is 0 Å². The van der Waals surface area contributed by atoms with Gasteiger partial charge in [-0.05, 0) is 17.5 Å². The van der Waals surface area contributed by atoms with Crippen LogP contribution < -0.4 is 15.8 Å². The van der Waals surface area contributed by atoms with Crippen LogP contribution in [0.4, 0.5) is 14.5 Å². The highest BCUT2D eigenvalue weighted by Gasteiger charge is 2.23. The Bertz CT molecular complexity index is 459. The summed E-state index contributed by atoms with van der Waals surface area (Å²) >= 11 is 0. The first-order chi connectivity index (χ1) is 9.18. The lowest BCUT2D eigenvalue weighted by atomic mass is 9.85. The maximum absolute atomic E-state index is 12.1. The molecule has 0 spiro atoms. The highest BCUT2D eigenvalue weighted by atomic mass is 19.3. The van der Waals surface area contributed by atoms with Gasteiger partial charge < -0.3 is 15.8 Å². The molecule has 0 fully saturated rings. The number of benzene rings is 1. The van der Waals surface area contributed by atoms with Gasteiger partial charge in [0.2, 0.25) is 5.91 Å². The SMILES string of the molecule is CC(C)(C)C(N)CC(=O)Nc1cccc(OC(F)F)c1. The fraction of sp³-hybridized carbons (Fsp3) is 0.500. The fourth-order valence-electron chi connectivity index (χ4n) is 1.47. The van der Waals surface area contributed by atoms with Crippen molar-refractivity contribution in [2.45, 2.75) is 39.8 Å². The molecule has 3 N–H and O–H groups in total. The third kappa shape index (κ3) is 5.52. The van der Waals surface area contributed by atoms with Crippen molar-refractivity contribution in [1.82, 2.24) is 0 Å².